The zero-order valence-electron chi connectivity index (χ0n) is 20.1. The molecule has 2 aliphatic rings. The largest absolute Gasteiger partial charge is 0.349 e. The van der Waals surface area contributed by atoms with Crippen LogP contribution in [0.3, 0.4) is 0 Å². The molecule has 1 saturated heterocycles. The lowest BCUT2D eigenvalue weighted by Crippen LogP contribution is -2.38. The first-order valence-electron chi connectivity index (χ1n) is 11.7. The van der Waals surface area contributed by atoms with Gasteiger partial charge in [0.1, 0.15) is 11.4 Å². The van der Waals surface area contributed by atoms with Crippen molar-refractivity contribution < 1.29 is 4.79 Å². The van der Waals surface area contributed by atoms with Gasteiger partial charge in [-0.15, -0.1) is 0 Å². The molecule has 2 aromatic heterocycles. The van der Waals surface area contributed by atoms with Crippen LogP contribution in [0.25, 0.3) is 17.1 Å². The third-order valence-corrected chi connectivity index (χ3v) is 7.40. The highest BCUT2D eigenvalue weighted by molar-refractivity contribution is 5.95. The van der Waals surface area contributed by atoms with Crippen LogP contribution in [-0.4, -0.2) is 37.7 Å². The van der Waals surface area contributed by atoms with Crippen molar-refractivity contribution in [2.45, 2.75) is 59.9 Å². The number of fused-ring (bicyclic) bond motifs is 2. The van der Waals surface area contributed by atoms with Gasteiger partial charge in [0.05, 0.1) is 11.4 Å². The van der Waals surface area contributed by atoms with Crippen LogP contribution in [-0.2, 0) is 7.05 Å². The van der Waals surface area contributed by atoms with Gasteiger partial charge in [-0.1, -0.05) is 32.9 Å². The van der Waals surface area contributed by atoms with Crippen LogP contribution >= 0.6 is 0 Å². The highest BCUT2D eigenvalue weighted by Crippen LogP contribution is 2.52. The first kappa shape index (κ1) is 21.0. The predicted octanol–water partition coefficient (Wildman–Crippen LogP) is 5.54. The summed E-state index contributed by atoms with van der Waals surface area (Å²) in [5, 5.41) is 4.96. The Labute approximate surface area is 191 Å². The second-order valence-electron chi connectivity index (χ2n) is 11.3. The van der Waals surface area contributed by atoms with E-state index in [1.54, 1.807) is 0 Å². The summed E-state index contributed by atoms with van der Waals surface area (Å²) < 4.78 is 3.93. The van der Waals surface area contributed by atoms with Gasteiger partial charge in [-0.05, 0) is 79.3 Å². The molecule has 0 radical (unpaired) electrons. The van der Waals surface area contributed by atoms with Gasteiger partial charge in [0.2, 0.25) is 0 Å². The van der Waals surface area contributed by atoms with E-state index in [-0.39, 0.29) is 16.7 Å². The number of likely N-dealkylation sites (tertiary alicyclic amines) is 1. The average molecular weight is 431 g/mol. The van der Waals surface area contributed by atoms with Crippen molar-refractivity contribution in [2.75, 3.05) is 6.54 Å². The lowest BCUT2D eigenvalue weighted by molar-refractivity contribution is 0.0699. The monoisotopic (exact) mass is 430 g/mol. The van der Waals surface area contributed by atoms with Crippen molar-refractivity contribution >= 4 is 5.91 Å². The van der Waals surface area contributed by atoms with E-state index in [9.17, 15) is 4.79 Å². The van der Waals surface area contributed by atoms with Gasteiger partial charge in [0.25, 0.3) is 5.91 Å². The van der Waals surface area contributed by atoms with Crippen LogP contribution in [0, 0.1) is 24.7 Å². The summed E-state index contributed by atoms with van der Waals surface area (Å²) in [6.45, 7) is 12.0. The summed E-state index contributed by atoms with van der Waals surface area (Å²) in [6, 6.07) is 12.7. The molecule has 2 bridgehead atoms. The Kier molecular flexibility index (Phi) is 4.66. The molecule has 1 saturated carbocycles. The number of rotatable bonds is 3. The number of aryl methyl sites for hydroxylation is 3. The van der Waals surface area contributed by atoms with E-state index in [2.05, 4.69) is 68.4 Å². The standard InChI is InChI=1S/C27H34N4O/c1-18-9-10-19(2)23(12-18)31-24(13-21(28-31)22-8-7-11-29(22)6)25(32)30-17-27(5)15-20(30)14-26(3,4)16-27/h7-13,20H,14-17H2,1-6H3. The lowest BCUT2D eigenvalue weighted by Gasteiger charge is -2.39. The molecule has 3 heterocycles. The van der Waals surface area contributed by atoms with Crippen molar-refractivity contribution in [3.63, 3.8) is 0 Å². The third kappa shape index (κ3) is 3.48. The van der Waals surface area contributed by atoms with Crippen LogP contribution < -0.4 is 0 Å². The van der Waals surface area contributed by atoms with Crippen LogP contribution in [0.4, 0.5) is 0 Å². The smallest absolute Gasteiger partial charge is 0.272 e. The molecule has 2 fully saturated rings. The molecule has 1 amide bonds. The number of nitrogens with zero attached hydrogens (tertiary/aromatic N) is 4. The quantitative estimate of drug-likeness (QED) is 0.548. The molecule has 1 aliphatic heterocycles. The van der Waals surface area contributed by atoms with Crippen molar-refractivity contribution in [3.05, 3.63) is 59.4 Å². The van der Waals surface area contributed by atoms with Crippen molar-refractivity contribution in [1.82, 2.24) is 19.2 Å². The molecule has 168 valence electrons. The Balaban J connectivity index is 1.62. The minimum Gasteiger partial charge on any atom is -0.349 e. The molecule has 3 aromatic rings. The Hall–Kier alpha value is -2.82. The highest BCUT2D eigenvalue weighted by Gasteiger charge is 2.51. The fourth-order valence-corrected chi connectivity index (χ4v) is 6.36. The molecular weight excluding hydrogens is 396 g/mol. The third-order valence-electron chi connectivity index (χ3n) is 7.40. The van der Waals surface area contributed by atoms with Gasteiger partial charge >= 0.3 is 0 Å². The first-order valence-corrected chi connectivity index (χ1v) is 11.7. The van der Waals surface area contributed by atoms with E-state index in [4.69, 9.17) is 5.10 Å². The average Bonchev–Trinajstić information content (AvgIpc) is 3.37. The maximum absolute atomic E-state index is 14.1. The van der Waals surface area contributed by atoms with E-state index >= 15 is 0 Å². The number of hydrogen-bond donors (Lipinski definition) is 0. The summed E-state index contributed by atoms with van der Waals surface area (Å²) >= 11 is 0. The van der Waals surface area contributed by atoms with Gasteiger partial charge < -0.3 is 9.47 Å². The van der Waals surface area contributed by atoms with E-state index < -0.39 is 0 Å². The molecule has 5 nitrogen and oxygen atoms in total. The number of benzene rings is 1. The van der Waals surface area contributed by atoms with Crippen LogP contribution in [0.15, 0.2) is 42.6 Å². The molecule has 0 N–H and O–H groups in total. The Morgan fingerprint density at radius 3 is 2.59 bits per heavy atom. The molecule has 32 heavy (non-hydrogen) atoms. The highest BCUT2D eigenvalue weighted by atomic mass is 16.2. The lowest BCUT2D eigenvalue weighted by atomic mass is 9.65. The summed E-state index contributed by atoms with van der Waals surface area (Å²) in [7, 11) is 2.01. The van der Waals surface area contributed by atoms with Gasteiger partial charge in [-0.2, -0.15) is 5.10 Å². The summed E-state index contributed by atoms with van der Waals surface area (Å²) in [4.78, 5) is 16.2. The van der Waals surface area contributed by atoms with Crippen LogP contribution in [0.5, 0.6) is 0 Å². The summed E-state index contributed by atoms with van der Waals surface area (Å²) in [6.07, 6.45) is 5.35. The topological polar surface area (TPSA) is 43.1 Å². The van der Waals surface area contributed by atoms with E-state index in [1.165, 1.54) is 6.42 Å². The second-order valence-corrected chi connectivity index (χ2v) is 11.3. The van der Waals surface area contributed by atoms with E-state index in [0.717, 1.165) is 47.6 Å². The number of aromatic nitrogens is 3. The number of carbonyl (C=O) groups is 1. The molecule has 1 aromatic carbocycles. The van der Waals surface area contributed by atoms with Gasteiger partial charge in [0.15, 0.2) is 0 Å². The van der Waals surface area contributed by atoms with Crippen molar-refractivity contribution in [1.29, 1.82) is 0 Å². The molecular formula is C27H34N4O. The van der Waals surface area contributed by atoms with Gasteiger partial charge in [0, 0.05) is 25.8 Å². The van der Waals surface area contributed by atoms with Crippen LogP contribution in [0.1, 0.15) is 61.6 Å². The molecule has 1 aliphatic carbocycles. The van der Waals surface area contributed by atoms with Gasteiger partial charge in [-0.25, -0.2) is 4.68 Å². The molecule has 5 heteroatoms. The summed E-state index contributed by atoms with van der Waals surface area (Å²) in [5.41, 5.74) is 6.21. The van der Waals surface area contributed by atoms with Gasteiger partial charge in [-0.3, -0.25) is 4.79 Å². The van der Waals surface area contributed by atoms with E-state index in [1.807, 2.05) is 30.1 Å². The minimum absolute atomic E-state index is 0.102. The van der Waals surface area contributed by atoms with E-state index in [0.29, 0.717) is 11.7 Å². The Bertz CT molecular complexity index is 1200. The zero-order chi connectivity index (χ0) is 22.8. The SMILES string of the molecule is Cc1ccc(C)c(-n2nc(-c3cccn3C)cc2C(=O)N2CC3(C)CC2CC(C)(C)C3)c1. The normalized spacial score (nSPS) is 24.2. The van der Waals surface area contributed by atoms with Crippen LogP contribution in [0.2, 0.25) is 0 Å². The maximum Gasteiger partial charge on any atom is 0.272 e. The Morgan fingerprint density at radius 1 is 1.09 bits per heavy atom. The fraction of sp³-hybridized carbons (Fsp3) is 0.481. The van der Waals surface area contributed by atoms with Crippen molar-refractivity contribution in [3.8, 4) is 17.1 Å². The minimum atomic E-state index is 0.102. The number of carbonyl (C=O) groups excluding carboxylic acids is 1. The fourth-order valence-electron chi connectivity index (χ4n) is 6.36. The zero-order valence-corrected chi connectivity index (χ0v) is 20.1. The number of amides is 1. The summed E-state index contributed by atoms with van der Waals surface area (Å²) in [5.74, 6) is 0.102. The predicted molar refractivity (Wildman–Crippen MR) is 128 cm³/mol. The number of hydrogen-bond acceptors (Lipinski definition) is 2. The van der Waals surface area contributed by atoms with Crippen molar-refractivity contribution in [2.24, 2.45) is 17.9 Å². The molecule has 0 spiro atoms. The first-order chi connectivity index (χ1) is 15.1. The molecule has 5 rings (SSSR count). The molecule has 2 atom stereocenters. The Morgan fingerprint density at radius 2 is 1.88 bits per heavy atom. The maximum atomic E-state index is 14.1. The second kappa shape index (κ2) is 7.09. The molecule has 2 unspecified atom stereocenters.